The second-order valence-electron chi connectivity index (χ2n) is 8.45. The lowest BCUT2D eigenvalue weighted by atomic mass is 9.72. The van der Waals surface area contributed by atoms with Gasteiger partial charge in [0.05, 0.1) is 11.1 Å². The Labute approximate surface area is 182 Å². The van der Waals surface area contributed by atoms with E-state index in [2.05, 4.69) is 15.3 Å². The van der Waals surface area contributed by atoms with Gasteiger partial charge in [-0.05, 0) is 56.3 Å². The molecule has 0 radical (unpaired) electrons. The lowest BCUT2D eigenvalue weighted by molar-refractivity contribution is -0.137. The molecule has 1 spiro atoms. The van der Waals surface area contributed by atoms with Crippen LogP contribution in [0.15, 0.2) is 48.7 Å². The lowest BCUT2D eigenvalue weighted by Crippen LogP contribution is -2.61. The molecule has 2 aliphatic heterocycles. The van der Waals surface area contributed by atoms with Gasteiger partial charge >= 0.3 is 6.18 Å². The van der Waals surface area contributed by atoms with E-state index in [0.717, 1.165) is 56.7 Å². The summed E-state index contributed by atoms with van der Waals surface area (Å²) in [6.07, 6.45) is -1.52. The number of carbonyl (C=O) groups is 1. The Balaban J connectivity index is 1.28. The number of amides is 1. The van der Waals surface area contributed by atoms with Gasteiger partial charge in [0.25, 0.3) is 5.91 Å². The fraction of sp³-hybridized carbons (Fsp3) is 0.348. The average Bonchev–Trinajstić information content (AvgIpc) is 2.77. The van der Waals surface area contributed by atoms with E-state index in [-0.39, 0.29) is 17.2 Å². The number of likely N-dealkylation sites (tertiary alicyclic amines) is 1. The van der Waals surface area contributed by atoms with Gasteiger partial charge in [-0.2, -0.15) is 13.2 Å². The molecule has 1 N–H and O–H groups in total. The standard InChI is InChI=1S/C23H21F3N4O2/c24-23(25,26)16-2-6-20(28-12-16)32-17-3-5-18-15(11-17)1-4-19(29-18)21(31)30-13-22(14-30)7-9-27-10-8-22/h1-6,11-12,27H,7-10,13-14H2. The highest BCUT2D eigenvalue weighted by Crippen LogP contribution is 2.39. The minimum Gasteiger partial charge on any atom is -0.439 e. The van der Waals surface area contributed by atoms with E-state index in [1.165, 1.54) is 6.07 Å². The van der Waals surface area contributed by atoms with Gasteiger partial charge in [0.1, 0.15) is 11.4 Å². The van der Waals surface area contributed by atoms with Gasteiger partial charge in [-0.15, -0.1) is 0 Å². The molecule has 1 aromatic carbocycles. The van der Waals surface area contributed by atoms with Crippen molar-refractivity contribution < 1.29 is 22.7 Å². The third-order valence-electron chi connectivity index (χ3n) is 6.17. The highest BCUT2D eigenvalue weighted by Gasteiger charge is 2.45. The number of nitrogens with zero attached hydrogens (tertiary/aromatic N) is 3. The molecule has 2 aliphatic rings. The van der Waals surface area contributed by atoms with Crippen molar-refractivity contribution in [3.8, 4) is 11.6 Å². The highest BCUT2D eigenvalue weighted by atomic mass is 19.4. The van der Waals surface area contributed by atoms with Crippen LogP contribution in [0.1, 0.15) is 28.9 Å². The second kappa shape index (κ2) is 7.74. The average molecular weight is 442 g/mol. The smallest absolute Gasteiger partial charge is 0.417 e. The normalized spacial score (nSPS) is 17.9. The first-order valence-electron chi connectivity index (χ1n) is 10.4. The predicted octanol–water partition coefficient (Wildman–Crippen LogP) is 4.27. The maximum absolute atomic E-state index is 12.8. The van der Waals surface area contributed by atoms with Crippen LogP contribution < -0.4 is 10.1 Å². The molecule has 0 aliphatic carbocycles. The molecule has 0 atom stereocenters. The summed E-state index contributed by atoms with van der Waals surface area (Å²) in [5.74, 6) is 0.410. The van der Waals surface area contributed by atoms with Crippen molar-refractivity contribution in [2.45, 2.75) is 19.0 Å². The number of rotatable bonds is 3. The van der Waals surface area contributed by atoms with Gasteiger partial charge in [-0.25, -0.2) is 9.97 Å². The first-order valence-corrected chi connectivity index (χ1v) is 10.4. The zero-order chi connectivity index (χ0) is 22.3. The summed E-state index contributed by atoms with van der Waals surface area (Å²) in [4.78, 5) is 22.9. The molecular formula is C23H21F3N4O2. The third kappa shape index (κ3) is 4.00. The van der Waals surface area contributed by atoms with Crippen LogP contribution >= 0.6 is 0 Å². The number of pyridine rings is 2. The van der Waals surface area contributed by atoms with E-state index in [0.29, 0.717) is 17.0 Å². The molecule has 2 saturated heterocycles. The third-order valence-corrected chi connectivity index (χ3v) is 6.17. The van der Waals surface area contributed by atoms with Crippen LogP contribution in [0.5, 0.6) is 11.6 Å². The van der Waals surface area contributed by atoms with Crippen LogP contribution in [0.3, 0.4) is 0 Å². The van der Waals surface area contributed by atoms with E-state index in [1.54, 1.807) is 30.3 Å². The quantitative estimate of drug-likeness (QED) is 0.656. The maximum atomic E-state index is 12.8. The largest absolute Gasteiger partial charge is 0.439 e. The van der Waals surface area contributed by atoms with Gasteiger partial charge in [-0.1, -0.05) is 6.07 Å². The van der Waals surface area contributed by atoms with Crippen LogP contribution in [-0.4, -0.2) is 47.0 Å². The molecule has 9 heteroatoms. The molecule has 4 heterocycles. The number of carbonyl (C=O) groups excluding carboxylic acids is 1. The zero-order valence-electron chi connectivity index (χ0n) is 17.2. The Kier molecular flexibility index (Phi) is 5.00. The summed E-state index contributed by atoms with van der Waals surface area (Å²) in [5.41, 5.74) is 0.467. The van der Waals surface area contributed by atoms with Gasteiger partial charge in [0.2, 0.25) is 5.88 Å². The first kappa shape index (κ1) is 20.7. The Hall–Kier alpha value is -3.20. The molecule has 0 bridgehead atoms. The Morgan fingerprint density at radius 2 is 1.84 bits per heavy atom. The Morgan fingerprint density at radius 3 is 2.53 bits per heavy atom. The molecule has 5 rings (SSSR count). The first-order chi connectivity index (χ1) is 15.3. The number of aromatic nitrogens is 2. The predicted molar refractivity (Wildman–Crippen MR) is 111 cm³/mol. The van der Waals surface area contributed by atoms with E-state index >= 15 is 0 Å². The highest BCUT2D eigenvalue weighted by molar-refractivity contribution is 5.95. The Morgan fingerprint density at radius 1 is 1.06 bits per heavy atom. The maximum Gasteiger partial charge on any atom is 0.417 e. The van der Waals surface area contributed by atoms with Crippen LogP contribution in [0, 0.1) is 5.41 Å². The van der Waals surface area contributed by atoms with Gasteiger partial charge < -0.3 is 15.0 Å². The summed E-state index contributed by atoms with van der Waals surface area (Å²) in [6.45, 7) is 3.56. The van der Waals surface area contributed by atoms with Crippen LogP contribution in [0.4, 0.5) is 13.2 Å². The van der Waals surface area contributed by atoms with Crippen molar-refractivity contribution in [2.75, 3.05) is 26.2 Å². The Bertz CT molecular complexity index is 1150. The summed E-state index contributed by atoms with van der Waals surface area (Å²) < 4.78 is 43.6. The van der Waals surface area contributed by atoms with Gasteiger partial charge in [-0.3, -0.25) is 4.79 Å². The summed E-state index contributed by atoms with van der Waals surface area (Å²) in [5, 5.41) is 4.11. The number of benzene rings is 1. The summed E-state index contributed by atoms with van der Waals surface area (Å²) in [6, 6.07) is 10.7. The van der Waals surface area contributed by atoms with E-state index in [9.17, 15) is 18.0 Å². The zero-order valence-corrected chi connectivity index (χ0v) is 17.2. The molecule has 166 valence electrons. The fourth-order valence-electron chi connectivity index (χ4n) is 4.36. The molecule has 1 amide bonds. The van der Waals surface area contributed by atoms with E-state index < -0.39 is 11.7 Å². The van der Waals surface area contributed by atoms with Gasteiger partial charge in [0.15, 0.2) is 0 Å². The SMILES string of the molecule is O=C(c1ccc2cc(Oc3ccc(C(F)(F)F)cn3)ccc2n1)N1CC2(CCNCC2)C1. The summed E-state index contributed by atoms with van der Waals surface area (Å²) >= 11 is 0. The van der Waals surface area contributed by atoms with Crippen molar-refractivity contribution in [3.05, 3.63) is 59.9 Å². The number of hydrogen-bond donors (Lipinski definition) is 1. The minimum absolute atomic E-state index is 0.0572. The number of fused-ring (bicyclic) bond motifs is 1. The number of hydrogen-bond acceptors (Lipinski definition) is 5. The molecular weight excluding hydrogens is 421 g/mol. The van der Waals surface area contributed by atoms with Crippen molar-refractivity contribution in [1.82, 2.24) is 20.2 Å². The van der Waals surface area contributed by atoms with Crippen molar-refractivity contribution in [3.63, 3.8) is 0 Å². The van der Waals surface area contributed by atoms with E-state index in [4.69, 9.17) is 4.74 Å². The molecule has 2 fully saturated rings. The van der Waals surface area contributed by atoms with Crippen molar-refractivity contribution >= 4 is 16.8 Å². The van der Waals surface area contributed by atoms with Crippen LogP contribution in [0.25, 0.3) is 10.9 Å². The van der Waals surface area contributed by atoms with Crippen LogP contribution in [-0.2, 0) is 6.18 Å². The van der Waals surface area contributed by atoms with Crippen molar-refractivity contribution in [2.24, 2.45) is 5.41 Å². The molecule has 0 unspecified atom stereocenters. The molecule has 3 aromatic rings. The number of halogens is 3. The van der Waals surface area contributed by atoms with Crippen molar-refractivity contribution in [1.29, 1.82) is 0 Å². The number of piperidine rings is 1. The number of ether oxygens (including phenoxy) is 1. The molecule has 6 nitrogen and oxygen atoms in total. The minimum atomic E-state index is -4.44. The fourth-order valence-corrected chi connectivity index (χ4v) is 4.36. The molecule has 2 aromatic heterocycles. The number of alkyl halides is 3. The van der Waals surface area contributed by atoms with Crippen LogP contribution in [0.2, 0.25) is 0 Å². The molecule has 32 heavy (non-hydrogen) atoms. The monoisotopic (exact) mass is 442 g/mol. The topological polar surface area (TPSA) is 67.3 Å². The van der Waals surface area contributed by atoms with Gasteiger partial charge in [0, 0.05) is 36.2 Å². The second-order valence-corrected chi connectivity index (χ2v) is 8.45. The van der Waals surface area contributed by atoms with E-state index in [1.807, 2.05) is 4.90 Å². The summed E-state index contributed by atoms with van der Waals surface area (Å²) in [7, 11) is 0. The molecule has 0 saturated carbocycles. The number of nitrogens with one attached hydrogen (secondary N) is 1. The lowest BCUT2D eigenvalue weighted by Gasteiger charge is -2.52.